The summed E-state index contributed by atoms with van der Waals surface area (Å²) in [5.74, 6) is 0.314. The number of imidazole rings is 1. The number of carbonyl (C=O) groups excluding carboxylic acids is 1. The molecule has 0 aliphatic heterocycles. The van der Waals surface area contributed by atoms with Crippen molar-refractivity contribution in [3.63, 3.8) is 0 Å². The zero-order valence-corrected chi connectivity index (χ0v) is 11.7. The Labute approximate surface area is 118 Å². The maximum Gasteiger partial charge on any atom is 0.309 e. The number of esters is 1. The molecule has 0 saturated heterocycles. The molecule has 1 aliphatic rings. The van der Waals surface area contributed by atoms with Crippen LogP contribution in [0.3, 0.4) is 0 Å². The molecule has 2 atom stereocenters. The number of hydrogen-bond acceptors (Lipinski definition) is 3. The predicted octanol–water partition coefficient (Wildman–Crippen LogP) is 2.75. The van der Waals surface area contributed by atoms with Crippen molar-refractivity contribution in [3.8, 4) is 11.3 Å². The number of rotatable bonds is 4. The van der Waals surface area contributed by atoms with Gasteiger partial charge in [0.1, 0.15) is 0 Å². The van der Waals surface area contributed by atoms with Gasteiger partial charge < -0.3 is 9.30 Å². The molecule has 20 heavy (non-hydrogen) atoms. The lowest BCUT2D eigenvalue weighted by molar-refractivity contribution is -0.144. The predicted molar refractivity (Wildman–Crippen MR) is 76.1 cm³/mol. The molecule has 1 saturated carbocycles. The van der Waals surface area contributed by atoms with Gasteiger partial charge in [-0.15, -0.1) is 0 Å². The van der Waals surface area contributed by atoms with E-state index in [4.69, 9.17) is 4.74 Å². The maximum absolute atomic E-state index is 11.6. The van der Waals surface area contributed by atoms with Crippen LogP contribution in [0.15, 0.2) is 36.8 Å². The Morgan fingerprint density at radius 2 is 2.15 bits per heavy atom. The summed E-state index contributed by atoms with van der Waals surface area (Å²) in [5.41, 5.74) is 3.28. The largest absolute Gasteiger partial charge is 0.466 e. The molecule has 1 fully saturated rings. The fraction of sp³-hybridized carbons (Fsp3) is 0.375. The molecule has 0 radical (unpaired) electrons. The zero-order valence-electron chi connectivity index (χ0n) is 11.7. The van der Waals surface area contributed by atoms with Crippen LogP contribution in [0.25, 0.3) is 11.3 Å². The first-order valence-corrected chi connectivity index (χ1v) is 6.94. The molecule has 1 aromatic heterocycles. The molecule has 4 nitrogen and oxygen atoms in total. The summed E-state index contributed by atoms with van der Waals surface area (Å²) < 4.78 is 6.99. The summed E-state index contributed by atoms with van der Waals surface area (Å²) in [7, 11) is 1.96. The summed E-state index contributed by atoms with van der Waals surface area (Å²) in [6, 6.07) is 8.32. The molecule has 0 spiro atoms. The second-order valence-electron chi connectivity index (χ2n) is 5.25. The molecule has 1 aromatic carbocycles. The average Bonchev–Trinajstić information content (AvgIpc) is 3.15. The van der Waals surface area contributed by atoms with Crippen LogP contribution in [0, 0.1) is 5.92 Å². The number of nitrogens with zero attached hydrogens (tertiary/aromatic N) is 2. The quantitative estimate of drug-likeness (QED) is 0.802. The van der Waals surface area contributed by atoms with E-state index in [0.29, 0.717) is 12.5 Å². The molecular formula is C16H18N2O2. The molecular weight excluding hydrogens is 252 g/mol. The topological polar surface area (TPSA) is 44.1 Å². The first-order valence-electron chi connectivity index (χ1n) is 6.94. The van der Waals surface area contributed by atoms with Gasteiger partial charge in [0, 0.05) is 18.8 Å². The molecule has 0 amide bonds. The van der Waals surface area contributed by atoms with E-state index < -0.39 is 0 Å². The third-order valence-electron chi connectivity index (χ3n) is 3.72. The standard InChI is InChI=1S/C16H18N2O2/c1-3-20-16(19)14-8-13(14)11-4-6-12(7-5-11)15-9-18(2)10-17-15/h4-7,9-10,13-14H,3,8H2,1-2H3/t13-,14+/m1/s1. The van der Waals surface area contributed by atoms with Crippen LogP contribution in [0.1, 0.15) is 24.8 Å². The highest BCUT2D eigenvalue weighted by Crippen LogP contribution is 2.48. The number of aromatic nitrogens is 2. The van der Waals surface area contributed by atoms with E-state index in [1.54, 1.807) is 6.33 Å². The average molecular weight is 270 g/mol. The van der Waals surface area contributed by atoms with Crippen molar-refractivity contribution in [2.75, 3.05) is 6.61 Å². The second-order valence-corrected chi connectivity index (χ2v) is 5.25. The van der Waals surface area contributed by atoms with Gasteiger partial charge >= 0.3 is 5.97 Å². The van der Waals surface area contributed by atoms with Crippen LogP contribution in [-0.4, -0.2) is 22.1 Å². The van der Waals surface area contributed by atoms with Gasteiger partial charge in [-0.3, -0.25) is 4.79 Å². The molecule has 4 heteroatoms. The van der Waals surface area contributed by atoms with E-state index in [0.717, 1.165) is 17.7 Å². The summed E-state index contributed by atoms with van der Waals surface area (Å²) in [6.45, 7) is 2.30. The molecule has 1 heterocycles. The Balaban J connectivity index is 1.70. The number of aryl methyl sites for hydroxylation is 1. The van der Waals surface area contributed by atoms with E-state index in [9.17, 15) is 4.79 Å². The van der Waals surface area contributed by atoms with Crippen LogP contribution in [0.5, 0.6) is 0 Å². The van der Waals surface area contributed by atoms with Crippen LogP contribution in [-0.2, 0) is 16.6 Å². The Hall–Kier alpha value is -2.10. The van der Waals surface area contributed by atoms with E-state index in [-0.39, 0.29) is 11.9 Å². The van der Waals surface area contributed by atoms with Gasteiger partial charge in [-0.1, -0.05) is 24.3 Å². The van der Waals surface area contributed by atoms with Gasteiger partial charge in [-0.05, 0) is 24.8 Å². The molecule has 0 unspecified atom stereocenters. The molecule has 0 bridgehead atoms. The number of benzene rings is 1. The lowest BCUT2D eigenvalue weighted by Gasteiger charge is -2.03. The molecule has 3 rings (SSSR count). The third-order valence-corrected chi connectivity index (χ3v) is 3.72. The van der Waals surface area contributed by atoms with Crippen molar-refractivity contribution in [2.24, 2.45) is 13.0 Å². The Kier molecular flexibility index (Phi) is 3.30. The molecule has 104 valence electrons. The van der Waals surface area contributed by atoms with Crippen molar-refractivity contribution >= 4 is 5.97 Å². The van der Waals surface area contributed by atoms with Crippen LogP contribution in [0.2, 0.25) is 0 Å². The number of ether oxygens (including phenoxy) is 1. The third kappa shape index (κ3) is 2.46. The molecule has 0 N–H and O–H groups in total. The number of hydrogen-bond donors (Lipinski definition) is 0. The minimum atomic E-state index is -0.0636. The monoisotopic (exact) mass is 270 g/mol. The highest BCUT2D eigenvalue weighted by atomic mass is 16.5. The summed E-state index contributed by atoms with van der Waals surface area (Å²) in [6.07, 6.45) is 4.69. The summed E-state index contributed by atoms with van der Waals surface area (Å²) in [5, 5.41) is 0. The van der Waals surface area contributed by atoms with Gasteiger partial charge in [0.25, 0.3) is 0 Å². The van der Waals surface area contributed by atoms with Gasteiger partial charge in [0.05, 0.1) is 24.5 Å². The second kappa shape index (κ2) is 5.12. The van der Waals surface area contributed by atoms with Gasteiger partial charge in [0.15, 0.2) is 0 Å². The highest BCUT2D eigenvalue weighted by Gasteiger charge is 2.44. The van der Waals surface area contributed by atoms with Gasteiger partial charge in [0.2, 0.25) is 0 Å². The van der Waals surface area contributed by atoms with Crippen molar-refractivity contribution in [1.29, 1.82) is 0 Å². The summed E-state index contributed by atoms with van der Waals surface area (Å²) in [4.78, 5) is 16.0. The Morgan fingerprint density at radius 1 is 1.40 bits per heavy atom. The van der Waals surface area contributed by atoms with Gasteiger partial charge in [-0.2, -0.15) is 0 Å². The van der Waals surface area contributed by atoms with Crippen molar-refractivity contribution < 1.29 is 9.53 Å². The SMILES string of the molecule is CCOC(=O)[C@H]1C[C@@H]1c1ccc(-c2cn(C)cn2)cc1. The normalized spacial score (nSPS) is 20.7. The van der Waals surface area contributed by atoms with Crippen LogP contribution < -0.4 is 0 Å². The molecule has 1 aliphatic carbocycles. The number of carbonyl (C=O) groups is 1. The smallest absolute Gasteiger partial charge is 0.309 e. The van der Waals surface area contributed by atoms with Crippen molar-refractivity contribution in [1.82, 2.24) is 9.55 Å². The Morgan fingerprint density at radius 3 is 2.75 bits per heavy atom. The first kappa shape index (κ1) is 12.9. The van der Waals surface area contributed by atoms with E-state index in [1.807, 2.05) is 24.7 Å². The summed E-state index contributed by atoms with van der Waals surface area (Å²) >= 11 is 0. The lowest BCUT2D eigenvalue weighted by Crippen LogP contribution is -2.07. The highest BCUT2D eigenvalue weighted by molar-refractivity contribution is 5.77. The lowest BCUT2D eigenvalue weighted by atomic mass is 10.1. The van der Waals surface area contributed by atoms with E-state index in [2.05, 4.69) is 29.2 Å². The minimum absolute atomic E-state index is 0.0515. The van der Waals surface area contributed by atoms with E-state index >= 15 is 0 Å². The minimum Gasteiger partial charge on any atom is -0.466 e. The fourth-order valence-electron chi connectivity index (χ4n) is 2.54. The van der Waals surface area contributed by atoms with Crippen LogP contribution in [0.4, 0.5) is 0 Å². The first-order chi connectivity index (χ1) is 9.69. The zero-order chi connectivity index (χ0) is 14.1. The molecule has 2 aromatic rings. The van der Waals surface area contributed by atoms with Crippen molar-refractivity contribution in [3.05, 3.63) is 42.4 Å². The van der Waals surface area contributed by atoms with Crippen LogP contribution >= 0.6 is 0 Å². The fourth-order valence-corrected chi connectivity index (χ4v) is 2.54. The Bertz CT molecular complexity index is 616. The van der Waals surface area contributed by atoms with Crippen molar-refractivity contribution in [2.45, 2.75) is 19.3 Å². The maximum atomic E-state index is 11.6. The van der Waals surface area contributed by atoms with E-state index in [1.165, 1.54) is 5.56 Å². The van der Waals surface area contributed by atoms with Gasteiger partial charge in [-0.25, -0.2) is 4.98 Å².